The highest BCUT2D eigenvalue weighted by atomic mass is 35.5. The molecule has 96 valence electrons. The fourth-order valence-electron chi connectivity index (χ4n) is 1.44. The molecule has 1 heterocycles. The molecule has 0 saturated heterocycles. The summed E-state index contributed by atoms with van der Waals surface area (Å²) in [6.07, 6.45) is 1.52. The van der Waals surface area contributed by atoms with E-state index in [1.54, 1.807) is 7.05 Å². The van der Waals surface area contributed by atoms with Gasteiger partial charge in [-0.25, -0.2) is 0 Å². The lowest BCUT2D eigenvalue weighted by Gasteiger charge is -2.30. The van der Waals surface area contributed by atoms with Gasteiger partial charge in [0.1, 0.15) is 0 Å². The standard InChI is InChI=1S/C10H18ClN5O/c1-4-10(5-2,6-17)16-9-14-7(11)13-8(12-3)15-9/h17H,4-6H2,1-3H3,(H2,12,13,14,15,16). The van der Waals surface area contributed by atoms with Crippen LogP contribution >= 0.6 is 11.6 Å². The Labute approximate surface area is 106 Å². The summed E-state index contributed by atoms with van der Waals surface area (Å²) in [5, 5.41) is 15.5. The summed E-state index contributed by atoms with van der Waals surface area (Å²) in [5.41, 5.74) is -0.421. The zero-order valence-electron chi connectivity index (χ0n) is 10.3. The fraction of sp³-hybridized carbons (Fsp3) is 0.700. The molecule has 0 unspecified atom stereocenters. The molecule has 0 bridgehead atoms. The van der Waals surface area contributed by atoms with E-state index in [2.05, 4.69) is 25.6 Å². The van der Waals surface area contributed by atoms with Crippen molar-refractivity contribution in [1.29, 1.82) is 0 Å². The highest BCUT2D eigenvalue weighted by Crippen LogP contribution is 2.20. The van der Waals surface area contributed by atoms with E-state index >= 15 is 0 Å². The predicted molar refractivity (Wildman–Crippen MR) is 68.4 cm³/mol. The van der Waals surface area contributed by atoms with Crippen molar-refractivity contribution >= 4 is 23.5 Å². The van der Waals surface area contributed by atoms with Crippen molar-refractivity contribution in [2.24, 2.45) is 0 Å². The first-order chi connectivity index (χ1) is 8.09. The molecule has 0 aliphatic heterocycles. The van der Waals surface area contributed by atoms with Crippen molar-refractivity contribution in [1.82, 2.24) is 15.0 Å². The summed E-state index contributed by atoms with van der Waals surface area (Å²) in [6, 6.07) is 0. The molecule has 1 aromatic heterocycles. The Balaban J connectivity index is 2.96. The van der Waals surface area contributed by atoms with Crippen LogP contribution in [0.3, 0.4) is 0 Å². The van der Waals surface area contributed by atoms with E-state index in [-0.39, 0.29) is 11.9 Å². The lowest BCUT2D eigenvalue weighted by Crippen LogP contribution is -2.41. The third-order valence-electron chi connectivity index (χ3n) is 2.86. The molecule has 0 amide bonds. The molecular weight excluding hydrogens is 242 g/mol. The van der Waals surface area contributed by atoms with Gasteiger partial charge in [-0.15, -0.1) is 0 Å². The number of nitrogens with zero attached hydrogens (tertiary/aromatic N) is 3. The Bertz CT molecular complexity index is 361. The number of aliphatic hydroxyl groups is 1. The molecule has 0 aromatic carbocycles. The predicted octanol–water partition coefficient (Wildman–Crippen LogP) is 1.53. The SMILES string of the molecule is CCC(CC)(CO)Nc1nc(Cl)nc(NC)n1. The van der Waals surface area contributed by atoms with Crippen molar-refractivity contribution in [2.45, 2.75) is 32.2 Å². The van der Waals surface area contributed by atoms with E-state index < -0.39 is 5.54 Å². The molecule has 0 aliphatic carbocycles. The molecule has 1 aromatic rings. The van der Waals surface area contributed by atoms with Gasteiger partial charge in [0, 0.05) is 7.05 Å². The second-order valence-corrected chi connectivity index (χ2v) is 4.11. The first-order valence-electron chi connectivity index (χ1n) is 5.57. The zero-order valence-corrected chi connectivity index (χ0v) is 11.0. The van der Waals surface area contributed by atoms with Crippen LogP contribution < -0.4 is 10.6 Å². The van der Waals surface area contributed by atoms with E-state index in [9.17, 15) is 5.11 Å². The fourth-order valence-corrected chi connectivity index (χ4v) is 1.60. The molecule has 0 radical (unpaired) electrons. The summed E-state index contributed by atoms with van der Waals surface area (Å²) in [4.78, 5) is 12.0. The Morgan fingerprint density at radius 2 is 1.76 bits per heavy atom. The van der Waals surface area contributed by atoms with E-state index in [1.165, 1.54) is 0 Å². The van der Waals surface area contributed by atoms with Crippen molar-refractivity contribution in [3.63, 3.8) is 0 Å². The molecule has 17 heavy (non-hydrogen) atoms. The van der Waals surface area contributed by atoms with Crippen LogP contribution in [0.1, 0.15) is 26.7 Å². The Morgan fingerprint density at radius 1 is 1.18 bits per heavy atom. The summed E-state index contributed by atoms with van der Waals surface area (Å²) in [7, 11) is 1.70. The topological polar surface area (TPSA) is 83.0 Å². The van der Waals surface area contributed by atoms with Gasteiger partial charge in [-0.1, -0.05) is 13.8 Å². The third-order valence-corrected chi connectivity index (χ3v) is 3.03. The van der Waals surface area contributed by atoms with Crippen LogP contribution in [0.4, 0.5) is 11.9 Å². The van der Waals surface area contributed by atoms with E-state index in [1.807, 2.05) is 13.8 Å². The number of aromatic nitrogens is 3. The van der Waals surface area contributed by atoms with Gasteiger partial charge < -0.3 is 15.7 Å². The number of halogens is 1. The van der Waals surface area contributed by atoms with Crippen LogP contribution in [0.2, 0.25) is 5.28 Å². The van der Waals surface area contributed by atoms with Crippen molar-refractivity contribution in [3.8, 4) is 0 Å². The molecule has 0 spiro atoms. The largest absolute Gasteiger partial charge is 0.394 e. The molecule has 3 N–H and O–H groups in total. The second kappa shape index (κ2) is 5.97. The Morgan fingerprint density at radius 3 is 2.24 bits per heavy atom. The van der Waals surface area contributed by atoms with Crippen LogP contribution in [0.15, 0.2) is 0 Å². The van der Waals surface area contributed by atoms with Gasteiger partial charge in [0.05, 0.1) is 12.1 Å². The molecule has 0 aliphatic rings. The molecule has 6 nitrogen and oxygen atoms in total. The van der Waals surface area contributed by atoms with Crippen LogP contribution in [-0.2, 0) is 0 Å². The average Bonchev–Trinajstić information content (AvgIpc) is 2.35. The third kappa shape index (κ3) is 3.41. The number of anilines is 2. The second-order valence-electron chi connectivity index (χ2n) is 3.77. The summed E-state index contributed by atoms with van der Waals surface area (Å²) in [6.45, 7) is 4.00. The van der Waals surface area contributed by atoms with E-state index in [0.29, 0.717) is 11.9 Å². The van der Waals surface area contributed by atoms with Gasteiger partial charge in [-0.2, -0.15) is 15.0 Å². The van der Waals surface area contributed by atoms with E-state index in [4.69, 9.17) is 11.6 Å². The summed E-state index contributed by atoms with van der Waals surface area (Å²) < 4.78 is 0. The highest BCUT2D eigenvalue weighted by Gasteiger charge is 2.26. The van der Waals surface area contributed by atoms with Gasteiger partial charge >= 0.3 is 0 Å². The number of hydrogen-bond acceptors (Lipinski definition) is 6. The molecular formula is C10H18ClN5O. The molecule has 0 fully saturated rings. The average molecular weight is 260 g/mol. The molecule has 0 saturated carbocycles. The lowest BCUT2D eigenvalue weighted by molar-refractivity contribution is 0.201. The van der Waals surface area contributed by atoms with Crippen molar-refractivity contribution in [2.75, 3.05) is 24.3 Å². The minimum absolute atomic E-state index is 0.0121. The number of rotatable bonds is 6. The van der Waals surface area contributed by atoms with Gasteiger partial charge in [0.25, 0.3) is 0 Å². The maximum absolute atomic E-state index is 9.45. The Kier molecular flexibility index (Phi) is 4.89. The zero-order chi connectivity index (χ0) is 12.9. The van der Waals surface area contributed by atoms with Crippen molar-refractivity contribution in [3.05, 3.63) is 5.28 Å². The highest BCUT2D eigenvalue weighted by molar-refractivity contribution is 6.28. The minimum atomic E-state index is -0.421. The van der Waals surface area contributed by atoms with Crippen LogP contribution in [0.5, 0.6) is 0 Å². The first kappa shape index (κ1) is 13.9. The number of hydrogen-bond donors (Lipinski definition) is 3. The van der Waals surface area contributed by atoms with Gasteiger partial charge in [0.15, 0.2) is 0 Å². The van der Waals surface area contributed by atoms with E-state index in [0.717, 1.165) is 12.8 Å². The van der Waals surface area contributed by atoms with Crippen molar-refractivity contribution < 1.29 is 5.11 Å². The van der Waals surface area contributed by atoms with Crippen LogP contribution in [0, 0.1) is 0 Å². The molecule has 0 atom stereocenters. The number of nitrogens with one attached hydrogen (secondary N) is 2. The molecule has 7 heteroatoms. The smallest absolute Gasteiger partial charge is 0.229 e. The monoisotopic (exact) mass is 259 g/mol. The lowest BCUT2D eigenvalue weighted by atomic mass is 9.94. The van der Waals surface area contributed by atoms with Gasteiger partial charge in [-0.3, -0.25) is 0 Å². The van der Waals surface area contributed by atoms with Crippen LogP contribution in [0.25, 0.3) is 0 Å². The summed E-state index contributed by atoms with van der Waals surface area (Å²) in [5.74, 6) is 0.763. The maximum Gasteiger partial charge on any atom is 0.229 e. The normalized spacial score (nSPS) is 11.4. The number of aliphatic hydroxyl groups excluding tert-OH is 1. The minimum Gasteiger partial charge on any atom is -0.394 e. The maximum atomic E-state index is 9.45. The summed E-state index contributed by atoms with van der Waals surface area (Å²) >= 11 is 5.78. The van der Waals surface area contributed by atoms with Crippen LogP contribution in [-0.4, -0.2) is 39.3 Å². The Hall–Kier alpha value is -1.14. The van der Waals surface area contributed by atoms with Gasteiger partial charge in [0.2, 0.25) is 17.2 Å². The quantitative estimate of drug-likeness (QED) is 0.719. The molecule has 1 rings (SSSR count). The van der Waals surface area contributed by atoms with Gasteiger partial charge in [-0.05, 0) is 24.4 Å². The first-order valence-corrected chi connectivity index (χ1v) is 5.95.